The molecule has 4 nitrogen and oxygen atoms in total. The van der Waals surface area contributed by atoms with Crippen molar-refractivity contribution in [3.63, 3.8) is 0 Å². The van der Waals surface area contributed by atoms with Gasteiger partial charge in [-0.05, 0) is 60.4 Å². The molecule has 3 atom stereocenters. The number of β-lactam (4-membered cyclic amide) rings is 1. The van der Waals surface area contributed by atoms with Crippen LogP contribution in [-0.2, 0) is 4.79 Å². The number of rotatable bonds is 7. The molecule has 3 aromatic carbocycles. The maximum absolute atomic E-state index is 13.2. The predicted octanol–water partition coefficient (Wildman–Crippen LogP) is 6.19. The van der Waals surface area contributed by atoms with Gasteiger partial charge in [-0.15, -0.1) is 0 Å². The first-order valence-corrected chi connectivity index (χ1v) is 11.2. The van der Waals surface area contributed by atoms with Crippen LogP contribution in [0.3, 0.4) is 0 Å². The Hall–Kier alpha value is -3.10. The highest BCUT2D eigenvalue weighted by Crippen LogP contribution is 2.47. The van der Waals surface area contributed by atoms with Crippen molar-refractivity contribution < 1.29 is 9.53 Å². The summed E-state index contributed by atoms with van der Waals surface area (Å²) >= 11 is 3.79. The summed E-state index contributed by atoms with van der Waals surface area (Å²) in [5, 5.41) is 9.08. The van der Waals surface area contributed by atoms with Crippen LogP contribution in [0.15, 0.2) is 78.9 Å². The monoisotopic (exact) mass is 474 g/mol. The molecular formula is C26H23BrN2O2. The Morgan fingerprint density at radius 3 is 2.32 bits per heavy atom. The zero-order valence-electron chi connectivity index (χ0n) is 17.2. The van der Waals surface area contributed by atoms with Crippen LogP contribution in [0.4, 0.5) is 5.69 Å². The van der Waals surface area contributed by atoms with Crippen LogP contribution in [0.5, 0.6) is 5.75 Å². The molecule has 0 aliphatic carbocycles. The van der Waals surface area contributed by atoms with Gasteiger partial charge in [0, 0.05) is 10.5 Å². The second-order valence-electron chi connectivity index (χ2n) is 7.65. The molecule has 4 rings (SSSR count). The summed E-state index contributed by atoms with van der Waals surface area (Å²) in [6.45, 7) is 0. The van der Waals surface area contributed by atoms with E-state index < -0.39 is 0 Å². The summed E-state index contributed by atoms with van der Waals surface area (Å²) in [6.07, 6.45) is 1.65. The van der Waals surface area contributed by atoms with E-state index in [4.69, 9.17) is 10.00 Å². The summed E-state index contributed by atoms with van der Waals surface area (Å²) in [4.78, 5) is 15.3. The van der Waals surface area contributed by atoms with Gasteiger partial charge < -0.3 is 9.64 Å². The van der Waals surface area contributed by atoms with E-state index in [0.29, 0.717) is 5.56 Å². The number of benzene rings is 3. The zero-order chi connectivity index (χ0) is 21.8. The lowest BCUT2D eigenvalue weighted by atomic mass is 9.78. The van der Waals surface area contributed by atoms with Gasteiger partial charge in [0.1, 0.15) is 5.75 Å². The van der Waals surface area contributed by atoms with Crippen LogP contribution in [-0.4, -0.2) is 13.0 Å². The number of halogens is 1. The third-order valence-corrected chi connectivity index (χ3v) is 6.82. The van der Waals surface area contributed by atoms with Gasteiger partial charge >= 0.3 is 0 Å². The normalized spacial score (nSPS) is 18.7. The number of alkyl halides is 1. The fourth-order valence-corrected chi connectivity index (χ4v) is 4.72. The van der Waals surface area contributed by atoms with Crippen LogP contribution in [0, 0.1) is 17.2 Å². The molecule has 0 N–H and O–H groups in total. The highest BCUT2D eigenvalue weighted by Gasteiger charge is 2.48. The third kappa shape index (κ3) is 4.35. The first-order valence-electron chi connectivity index (χ1n) is 10.3. The van der Waals surface area contributed by atoms with Crippen molar-refractivity contribution in [2.24, 2.45) is 5.92 Å². The van der Waals surface area contributed by atoms with Gasteiger partial charge in [-0.3, -0.25) is 4.79 Å². The molecule has 1 aliphatic rings. The maximum Gasteiger partial charge on any atom is 0.233 e. The Balaban J connectivity index is 1.57. The fraction of sp³-hybridized carbons (Fsp3) is 0.231. The third-order valence-electron chi connectivity index (χ3n) is 5.84. The van der Waals surface area contributed by atoms with Crippen LogP contribution in [0.1, 0.15) is 40.4 Å². The Bertz CT molecular complexity index is 1080. The lowest BCUT2D eigenvalue weighted by Gasteiger charge is -2.48. The minimum absolute atomic E-state index is 0.0400. The number of carbonyl (C=O) groups excluding carboxylic acids is 1. The number of nitriles is 1. The summed E-state index contributed by atoms with van der Waals surface area (Å²) in [6, 6.07) is 27.5. The van der Waals surface area contributed by atoms with Gasteiger partial charge in [0.2, 0.25) is 5.91 Å². The molecule has 0 saturated carbocycles. The summed E-state index contributed by atoms with van der Waals surface area (Å²) < 4.78 is 5.30. The summed E-state index contributed by atoms with van der Waals surface area (Å²) in [5.74, 6) is 0.826. The van der Waals surface area contributed by atoms with E-state index in [-0.39, 0.29) is 22.7 Å². The predicted molar refractivity (Wildman–Crippen MR) is 125 cm³/mol. The molecule has 3 unspecified atom stereocenters. The van der Waals surface area contributed by atoms with Gasteiger partial charge in [-0.25, -0.2) is 0 Å². The van der Waals surface area contributed by atoms with E-state index in [2.05, 4.69) is 34.1 Å². The van der Waals surface area contributed by atoms with E-state index in [1.165, 1.54) is 5.56 Å². The molecule has 0 bridgehead atoms. The molecule has 0 aromatic heterocycles. The minimum atomic E-state index is -0.0900. The largest absolute Gasteiger partial charge is 0.497 e. The number of carbonyl (C=O) groups is 1. The molecule has 31 heavy (non-hydrogen) atoms. The molecule has 1 amide bonds. The number of nitrogens with zero attached hydrogens (tertiary/aromatic N) is 2. The number of ether oxygens (including phenoxy) is 1. The molecule has 5 heteroatoms. The standard InChI is InChI=1S/C26H23BrN2O2/c1-31-22-13-9-20(10-14-22)25-23(15-16-24(27)19-5-3-2-4-6-19)26(30)29(25)21-11-7-18(17-28)8-12-21/h2-14,23-25H,15-16H2,1H3. The lowest BCUT2D eigenvalue weighted by molar-refractivity contribution is -0.130. The Labute approximate surface area is 191 Å². The van der Waals surface area contributed by atoms with Crippen molar-refractivity contribution >= 4 is 27.5 Å². The SMILES string of the molecule is COc1ccc(C2C(CCC(Br)c3ccccc3)C(=O)N2c2ccc(C#N)cc2)cc1. The van der Waals surface area contributed by atoms with Crippen LogP contribution in [0.2, 0.25) is 0 Å². The number of hydrogen-bond acceptors (Lipinski definition) is 3. The molecule has 3 aromatic rings. The van der Waals surface area contributed by atoms with Gasteiger partial charge in [0.05, 0.1) is 30.7 Å². The average molecular weight is 475 g/mol. The fourth-order valence-electron chi connectivity index (χ4n) is 4.15. The van der Waals surface area contributed by atoms with E-state index in [1.807, 2.05) is 59.5 Å². The Morgan fingerprint density at radius 1 is 1.03 bits per heavy atom. The van der Waals surface area contributed by atoms with Crippen molar-refractivity contribution in [2.45, 2.75) is 23.7 Å². The molecule has 1 fully saturated rings. The number of amides is 1. The zero-order valence-corrected chi connectivity index (χ0v) is 18.8. The van der Waals surface area contributed by atoms with E-state index in [9.17, 15) is 4.79 Å². The molecule has 1 saturated heterocycles. The Morgan fingerprint density at radius 2 is 1.71 bits per heavy atom. The average Bonchev–Trinajstić information content (AvgIpc) is 2.83. The van der Waals surface area contributed by atoms with Crippen molar-refractivity contribution in [2.75, 3.05) is 12.0 Å². The van der Waals surface area contributed by atoms with Crippen LogP contribution in [0.25, 0.3) is 0 Å². The quantitative estimate of drug-likeness (QED) is 0.303. The first kappa shape index (κ1) is 21.1. The van der Waals surface area contributed by atoms with Gasteiger partial charge in [0.25, 0.3) is 0 Å². The van der Waals surface area contributed by atoms with Crippen molar-refractivity contribution in [3.05, 3.63) is 95.6 Å². The Kier molecular flexibility index (Phi) is 6.39. The maximum atomic E-state index is 13.2. The lowest BCUT2D eigenvalue weighted by Crippen LogP contribution is -2.55. The molecule has 0 spiro atoms. The van der Waals surface area contributed by atoms with Crippen molar-refractivity contribution in [1.29, 1.82) is 5.26 Å². The smallest absolute Gasteiger partial charge is 0.233 e. The molecular weight excluding hydrogens is 452 g/mol. The second kappa shape index (κ2) is 9.36. The minimum Gasteiger partial charge on any atom is -0.497 e. The number of anilines is 1. The first-order chi connectivity index (χ1) is 15.1. The van der Waals surface area contributed by atoms with E-state index in [0.717, 1.165) is 29.8 Å². The van der Waals surface area contributed by atoms with Crippen molar-refractivity contribution in [3.8, 4) is 11.8 Å². The topological polar surface area (TPSA) is 53.3 Å². The second-order valence-corrected chi connectivity index (χ2v) is 8.75. The molecule has 156 valence electrons. The molecule has 1 heterocycles. The van der Waals surface area contributed by atoms with Crippen LogP contribution >= 0.6 is 15.9 Å². The molecule has 0 radical (unpaired) electrons. The van der Waals surface area contributed by atoms with Crippen LogP contribution < -0.4 is 9.64 Å². The number of methoxy groups -OCH3 is 1. The summed E-state index contributed by atoms with van der Waals surface area (Å²) in [5.41, 5.74) is 3.71. The summed E-state index contributed by atoms with van der Waals surface area (Å²) in [7, 11) is 1.65. The van der Waals surface area contributed by atoms with Crippen molar-refractivity contribution in [1.82, 2.24) is 0 Å². The van der Waals surface area contributed by atoms with Gasteiger partial charge in [-0.2, -0.15) is 5.26 Å². The van der Waals surface area contributed by atoms with E-state index in [1.54, 1.807) is 19.2 Å². The highest BCUT2D eigenvalue weighted by atomic mass is 79.9. The number of hydrogen-bond donors (Lipinski definition) is 0. The van der Waals surface area contributed by atoms with Gasteiger partial charge in [0.15, 0.2) is 0 Å². The van der Waals surface area contributed by atoms with Gasteiger partial charge in [-0.1, -0.05) is 58.4 Å². The highest BCUT2D eigenvalue weighted by molar-refractivity contribution is 9.09. The van der Waals surface area contributed by atoms with E-state index >= 15 is 0 Å². The molecule has 1 aliphatic heterocycles.